The minimum Gasteiger partial charge on any atom is -0.451 e. The average Bonchev–Trinajstić information content (AvgIpc) is 3.11. The SMILES string of the molecule is [2H][C@]1(N2[C@@H]3COCCN3C(=O)c3c(OCOC(=O)OC)c(=O)ccn32)c2ccccc2SCc2c1ccc(F)c2F. The molecule has 1 aromatic heterocycles. The van der Waals surface area contributed by atoms with Crippen molar-refractivity contribution in [3.8, 4) is 5.75 Å². The highest BCUT2D eigenvalue weighted by Crippen LogP contribution is 2.45. The van der Waals surface area contributed by atoms with Crippen LogP contribution >= 0.6 is 11.8 Å². The van der Waals surface area contributed by atoms with Crippen LogP contribution in [0, 0.1) is 11.6 Å². The lowest BCUT2D eigenvalue weighted by molar-refractivity contribution is -0.0209. The second-order valence-corrected chi connectivity index (χ2v) is 10.00. The molecule has 13 heteroatoms. The second kappa shape index (κ2) is 10.5. The first-order chi connectivity index (χ1) is 19.8. The fraction of sp³-hybridized carbons (Fsp3) is 0.296. The van der Waals surface area contributed by atoms with Gasteiger partial charge < -0.3 is 23.8 Å². The Labute approximate surface area is 232 Å². The number of methoxy groups -OCH3 is 1. The van der Waals surface area contributed by atoms with Crippen molar-refractivity contribution >= 4 is 23.8 Å². The van der Waals surface area contributed by atoms with Gasteiger partial charge in [-0.15, -0.1) is 11.8 Å². The minimum absolute atomic E-state index is 0.00605. The van der Waals surface area contributed by atoms with Gasteiger partial charge in [-0.3, -0.25) is 19.3 Å². The number of hydrogen-bond acceptors (Lipinski definition) is 9. The molecule has 3 aliphatic heterocycles. The van der Waals surface area contributed by atoms with Gasteiger partial charge in [0, 0.05) is 35.0 Å². The quantitative estimate of drug-likeness (QED) is 0.344. The number of rotatable bonds is 4. The standard InChI is InChI=1S/C27H23F2N3O7S/c1-36-27(35)39-14-38-25-19(33)8-9-31-24(25)26(34)30-10-11-37-12-21(30)32(31)23-15-6-7-18(28)22(29)17(15)13-40-20-5-3-2-4-16(20)23/h2-9,21,23H,10-14H2,1H3/t21-,23-/m1/s1/i23D. The molecule has 0 spiro atoms. The summed E-state index contributed by atoms with van der Waals surface area (Å²) >= 11 is 1.26. The van der Waals surface area contributed by atoms with Crippen LogP contribution in [0.1, 0.15) is 34.6 Å². The molecule has 0 bridgehead atoms. The summed E-state index contributed by atoms with van der Waals surface area (Å²) in [7, 11) is 1.10. The van der Waals surface area contributed by atoms with Crippen LogP contribution < -0.4 is 15.2 Å². The smallest absolute Gasteiger partial charge is 0.451 e. The zero-order valence-corrected chi connectivity index (χ0v) is 21.9. The number of amides is 1. The van der Waals surface area contributed by atoms with Crippen LogP contribution in [0.4, 0.5) is 13.6 Å². The van der Waals surface area contributed by atoms with E-state index in [0.717, 1.165) is 19.2 Å². The Balaban J connectivity index is 1.62. The molecule has 208 valence electrons. The molecule has 1 fully saturated rings. The summed E-state index contributed by atoms with van der Waals surface area (Å²) in [6.45, 7) is -0.410. The lowest BCUT2D eigenvalue weighted by atomic mass is 9.93. The highest BCUT2D eigenvalue weighted by Gasteiger charge is 2.46. The molecule has 0 aliphatic carbocycles. The average molecular weight is 573 g/mol. The Bertz CT molecular complexity index is 1620. The van der Waals surface area contributed by atoms with Crippen molar-refractivity contribution in [2.24, 2.45) is 0 Å². The molecule has 0 radical (unpaired) electrons. The molecular weight excluding hydrogens is 548 g/mol. The van der Waals surface area contributed by atoms with Gasteiger partial charge >= 0.3 is 6.16 Å². The number of carbonyl (C=O) groups excluding carboxylic acids is 2. The van der Waals surface area contributed by atoms with Crippen molar-refractivity contribution in [2.75, 3.05) is 38.7 Å². The Morgan fingerprint density at radius 2 is 2.00 bits per heavy atom. The number of ether oxygens (including phenoxy) is 4. The van der Waals surface area contributed by atoms with Crippen LogP contribution in [0.5, 0.6) is 5.75 Å². The minimum atomic E-state index is -1.95. The first kappa shape index (κ1) is 24.9. The van der Waals surface area contributed by atoms with Crippen molar-refractivity contribution in [3.63, 3.8) is 0 Å². The van der Waals surface area contributed by atoms with Crippen LogP contribution in [0.15, 0.2) is 58.4 Å². The number of hydrogen-bond donors (Lipinski definition) is 0. The number of aromatic nitrogens is 1. The van der Waals surface area contributed by atoms with Gasteiger partial charge in [0.25, 0.3) is 5.91 Å². The number of carbonyl (C=O) groups is 2. The fourth-order valence-electron chi connectivity index (χ4n) is 5.07. The monoisotopic (exact) mass is 572 g/mol. The van der Waals surface area contributed by atoms with E-state index in [4.69, 9.17) is 14.2 Å². The zero-order chi connectivity index (χ0) is 28.9. The number of nitrogens with zero attached hydrogens (tertiary/aromatic N) is 3. The van der Waals surface area contributed by atoms with E-state index in [1.807, 2.05) is 0 Å². The first-order valence-electron chi connectivity index (χ1n) is 12.7. The summed E-state index contributed by atoms with van der Waals surface area (Å²) in [5.74, 6) is -3.04. The van der Waals surface area contributed by atoms with Crippen molar-refractivity contribution < 1.29 is 38.7 Å². The van der Waals surface area contributed by atoms with E-state index >= 15 is 4.39 Å². The Hall–Kier alpha value is -4.10. The van der Waals surface area contributed by atoms with Gasteiger partial charge in [-0.25, -0.2) is 13.6 Å². The molecule has 0 N–H and O–H groups in total. The molecule has 10 nitrogen and oxygen atoms in total. The fourth-order valence-corrected chi connectivity index (χ4v) is 6.15. The Morgan fingerprint density at radius 1 is 1.18 bits per heavy atom. The van der Waals surface area contributed by atoms with E-state index in [9.17, 15) is 20.1 Å². The Morgan fingerprint density at radius 3 is 2.83 bits per heavy atom. The normalized spacial score (nSPS) is 21.7. The van der Waals surface area contributed by atoms with Gasteiger partial charge in [0.15, 0.2) is 17.3 Å². The molecule has 3 aliphatic rings. The van der Waals surface area contributed by atoms with E-state index in [-0.39, 0.29) is 42.3 Å². The van der Waals surface area contributed by atoms with E-state index in [1.54, 1.807) is 24.3 Å². The molecule has 2 aromatic carbocycles. The zero-order valence-electron chi connectivity index (χ0n) is 22.1. The molecule has 0 saturated carbocycles. The summed E-state index contributed by atoms with van der Waals surface area (Å²) < 4.78 is 61.7. The number of halogens is 2. The topological polar surface area (TPSA) is 99.5 Å². The summed E-state index contributed by atoms with van der Waals surface area (Å²) in [6.07, 6.45) is -0.605. The first-order valence-corrected chi connectivity index (χ1v) is 13.2. The van der Waals surface area contributed by atoms with Gasteiger partial charge in [0.05, 0.1) is 27.7 Å². The number of thioether (sulfide) groups is 1. The van der Waals surface area contributed by atoms with Crippen LogP contribution in [0.3, 0.4) is 0 Å². The van der Waals surface area contributed by atoms with Gasteiger partial charge in [-0.2, -0.15) is 0 Å². The third-order valence-corrected chi connectivity index (χ3v) is 7.96. The van der Waals surface area contributed by atoms with Crippen molar-refractivity contribution in [1.29, 1.82) is 0 Å². The van der Waals surface area contributed by atoms with Crippen LogP contribution in [0.25, 0.3) is 0 Å². The molecule has 6 rings (SSSR count). The van der Waals surface area contributed by atoms with E-state index < -0.39 is 53.9 Å². The summed E-state index contributed by atoms with van der Waals surface area (Å²) in [5, 5.41) is 1.51. The lowest BCUT2D eigenvalue weighted by Crippen LogP contribution is -2.66. The molecule has 4 heterocycles. The predicted molar refractivity (Wildman–Crippen MR) is 138 cm³/mol. The van der Waals surface area contributed by atoms with Gasteiger partial charge in [-0.1, -0.05) is 24.3 Å². The molecule has 0 unspecified atom stereocenters. The summed E-state index contributed by atoms with van der Waals surface area (Å²) in [6, 6.07) is 8.58. The number of benzene rings is 2. The van der Waals surface area contributed by atoms with Crippen LogP contribution in [-0.2, 0) is 20.0 Å². The summed E-state index contributed by atoms with van der Waals surface area (Å²) in [5.41, 5.74) is -0.277. The third-order valence-electron chi connectivity index (χ3n) is 6.86. The molecule has 40 heavy (non-hydrogen) atoms. The number of pyridine rings is 1. The van der Waals surface area contributed by atoms with Crippen LogP contribution in [0.2, 0.25) is 0 Å². The highest BCUT2D eigenvalue weighted by molar-refractivity contribution is 7.98. The predicted octanol–water partition coefficient (Wildman–Crippen LogP) is 3.39. The number of morpholine rings is 1. The Kier molecular flexibility index (Phi) is 6.52. The maximum absolute atomic E-state index is 15.3. The van der Waals surface area contributed by atoms with E-state index in [0.29, 0.717) is 10.5 Å². The molecule has 3 aromatic rings. The van der Waals surface area contributed by atoms with Crippen molar-refractivity contribution in [1.82, 2.24) is 9.58 Å². The van der Waals surface area contributed by atoms with Gasteiger partial charge in [-0.05, 0) is 23.3 Å². The lowest BCUT2D eigenvalue weighted by Gasteiger charge is -2.51. The van der Waals surface area contributed by atoms with Crippen molar-refractivity contribution in [3.05, 3.63) is 92.9 Å². The summed E-state index contributed by atoms with van der Waals surface area (Å²) in [4.78, 5) is 40.4. The third kappa shape index (κ3) is 4.25. The largest absolute Gasteiger partial charge is 0.510 e. The van der Waals surface area contributed by atoms with Gasteiger partial charge in [0.2, 0.25) is 18.0 Å². The van der Waals surface area contributed by atoms with E-state index in [2.05, 4.69) is 4.74 Å². The van der Waals surface area contributed by atoms with Crippen molar-refractivity contribution in [2.45, 2.75) is 22.8 Å². The van der Waals surface area contributed by atoms with Gasteiger partial charge in [0.1, 0.15) is 6.17 Å². The van der Waals surface area contributed by atoms with E-state index in [1.165, 1.54) is 38.6 Å². The maximum Gasteiger partial charge on any atom is 0.510 e. The highest BCUT2D eigenvalue weighted by atomic mass is 32.2. The number of fused-ring (bicyclic) bond motifs is 4. The molecule has 2 atom stereocenters. The molecular formula is C27H23F2N3O7S. The molecule has 1 amide bonds. The van der Waals surface area contributed by atoms with Crippen LogP contribution in [-0.4, -0.2) is 61.5 Å². The maximum atomic E-state index is 15.3. The molecule has 1 saturated heterocycles. The second-order valence-electron chi connectivity index (χ2n) is 8.98.